The van der Waals surface area contributed by atoms with Crippen LogP contribution in [0.15, 0.2) is 35.9 Å². The molecule has 1 saturated heterocycles. The van der Waals surface area contributed by atoms with E-state index < -0.39 is 23.7 Å². The summed E-state index contributed by atoms with van der Waals surface area (Å²) in [5, 5.41) is 9.34. The summed E-state index contributed by atoms with van der Waals surface area (Å²) in [6, 6.07) is 8.77. The number of amides is 1. The van der Waals surface area contributed by atoms with E-state index >= 15 is 0 Å². The molecule has 1 unspecified atom stereocenters. The zero-order valence-corrected chi connectivity index (χ0v) is 13.1. The van der Waals surface area contributed by atoms with Crippen LogP contribution in [0.2, 0.25) is 0 Å². The van der Waals surface area contributed by atoms with Gasteiger partial charge in [0.2, 0.25) is 0 Å². The molecule has 0 spiro atoms. The van der Waals surface area contributed by atoms with E-state index in [0.29, 0.717) is 6.42 Å². The molecule has 5 nitrogen and oxygen atoms in total. The Morgan fingerprint density at radius 1 is 1.27 bits per heavy atom. The van der Waals surface area contributed by atoms with Crippen LogP contribution >= 0.6 is 0 Å². The summed E-state index contributed by atoms with van der Waals surface area (Å²) in [6.45, 7) is 5.56. The molecule has 22 heavy (non-hydrogen) atoms. The number of hydrogen-bond acceptors (Lipinski definition) is 3. The van der Waals surface area contributed by atoms with Crippen molar-refractivity contribution in [1.82, 2.24) is 4.90 Å². The van der Waals surface area contributed by atoms with E-state index in [1.165, 1.54) is 4.90 Å². The van der Waals surface area contributed by atoms with Gasteiger partial charge in [0.1, 0.15) is 11.6 Å². The Hall–Kier alpha value is -2.30. The van der Waals surface area contributed by atoms with E-state index in [-0.39, 0.29) is 6.54 Å². The molecule has 0 bridgehead atoms. The lowest BCUT2D eigenvalue weighted by atomic mass is 10.1. The Morgan fingerprint density at radius 3 is 2.45 bits per heavy atom. The predicted octanol–water partition coefficient (Wildman–Crippen LogP) is 3.16. The number of nitrogens with zero attached hydrogens (tertiary/aromatic N) is 1. The van der Waals surface area contributed by atoms with Crippen LogP contribution < -0.4 is 0 Å². The number of carboxylic acid groups (broad SMARTS) is 1. The molecule has 0 radical (unpaired) electrons. The number of hydrogen-bond donors (Lipinski definition) is 1. The van der Waals surface area contributed by atoms with Crippen molar-refractivity contribution >= 4 is 18.1 Å². The molecule has 1 aromatic carbocycles. The van der Waals surface area contributed by atoms with Crippen molar-refractivity contribution in [2.24, 2.45) is 0 Å². The van der Waals surface area contributed by atoms with Crippen LogP contribution in [0.4, 0.5) is 4.79 Å². The van der Waals surface area contributed by atoms with E-state index in [2.05, 4.69) is 0 Å². The summed E-state index contributed by atoms with van der Waals surface area (Å²) >= 11 is 0. The maximum atomic E-state index is 12.2. The number of aliphatic carboxylic acids is 1. The molecular weight excluding hydrogens is 282 g/mol. The normalized spacial score (nSPS) is 20.2. The van der Waals surface area contributed by atoms with Crippen molar-refractivity contribution in [3.8, 4) is 0 Å². The van der Waals surface area contributed by atoms with Crippen LogP contribution in [0.5, 0.6) is 0 Å². The molecule has 1 atom stereocenters. The molecule has 1 aliphatic rings. The second-order valence-corrected chi connectivity index (χ2v) is 6.38. The summed E-state index contributed by atoms with van der Waals surface area (Å²) in [7, 11) is 0. The molecule has 2 rings (SSSR count). The fourth-order valence-electron chi connectivity index (χ4n) is 2.37. The SMILES string of the molecule is CC(C)(C)OC(=O)N1CC(=Cc2ccccc2)CC1C(=O)O. The number of carbonyl (C=O) groups is 2. The van der Waals surface area contributed by atoms with Crippen molar-refractivity contribution in [3.05, 3.63) is 41.5 Å². The Balaban J connectivity index is 2.18. The van der Waals surface area contributed by atoms with Crippen molar-refractivity contribution in [3.63, 3.8) is 0 Å². The number of benzene rings is 1. The molecule has 0 aliphatic carbocycles. The molecule has 118 valence electrons. The van der Waals surface area contributed by atoms with Gasteiger partial charge in [-0.05, 0) is 31.9 Å². The van der Waals surface area contributed by atoms with Gasteiger partial charge in [-0.2, -0.15) is 0 Å². The minimum Gasteiger partial charge on any atom is -0.480 e. The molecule has 1 amide bonds. The van der Waals surface area contributed by atoms with Gasteiger partial charge in [-0.25, -0.2) is 9.59 Å². The molecule has 1 N–H and O–H groups in total. The molecule has 1 aliphatic heterocycles. The van der Waals surface area contributed by atoms with E-state index in [1.807, 2.05) is 36.4 Å². The number of rotatable bonds is 2. The van der Waals surface area contributed by atoms with E-state index in [1.54, 1.807) is 20.8 Å². The molecule has 5 heteroatoms. The number of carboxylic acids is 1. The van der Waals surface area contributed by atoms with Crippen LogP contribution in [-0.2, 0) is 9.53 Å². The standard InChI is InChI=1S/C17H21NO4/c1-17(2,3)22-16(21)18-11-13(10-14(18)15(19)20)9-12-7-5-4-6-8-12/h4-9,14H,10-11H2,1-3H3,(H,19,20). The summed E-state index contributed by atoms with van der Waals surface area (Å²) in [4.78, 5) is 24.9. The second-order valence-electron chi connectivity index (χ2n) is 6.38. The van der Waals surface area contributed by atoms with E-state index in [4.69, 9.17) is 4.74 Å². The highest BCUT2D eigenvalue weighted by atomic mass is 16.6. The fourth-order valence-corrected chi connectivity index (χ4v) is 2.37. The topological polar surface area (TPSA) is 66.8 Å². The van der Waals surface area contributed by atoms with Crippen molar-refractivity contribution in [1.29, 1.82) is 0 Å². The van der Waals surface area contributed by atoms with Gasteiger partial charge in [0.15, 0.2) is 0 Å². The zero-order chi connectivity index (χ0) is 16.3. The predicted molar refractivity (Wildman–Crippen MR) is 83.4 cm³/mol. The smallest absolute Gasteiger partial charge is 0.411 e. The molecule has 1 heterocycles. The number of carbonyl (C=O) groups excluding carboxylic acids is 1. The van der Waals surface area contributed by atoms with E-state index in [9.17, 15) is 14.7 Å². The Morgan fingerprint density at radius 2 is 1.91 bits per heavy atom. The minimum atomic E-state index is -1.01. The first-order valence-electron chi connectivity index (χ1n) is 7.23. The number of ether oxygens (including phenoxy) is 1. The van der Waals surface area contributed by atoms with Gasteiger partial charge in [0.25, 0.3) is 0 Å². The van der Waals surface area contributed by atoms with Crippen LogP contribution in [0.3, 0.4) is 0 Å². The lowest BCUT2D eigenvalue weighted by Crippen LogP contribution is -2.43. The highest BCUT2D eigenvalue weighted by molar-refractivity contribution is 5.82. The molecule has 1 fully saturated rings. The Labute approximate surface area is 130 Å². The van der Waals surface area contributed by atoms with Crippen LogP contribution in [0, 0.1) is 0 Å². The quantitative estimate of drug-likeness (QED) is 0.911. The molecule has 1 aromatic rings. The fraction of sp³-hybridized carbons (Fsp3) is 0.412. The maximum Gasteiger partial charge on any atom is 0.411 e. The van der Waals surface area contributed by atoms with Crippen molar-refractivity contribution in [2.45, 2.75) is 38.8 Å². The van der Waals surface area contributed by atoms with Crippen LogP contribution in [0.25, 0.3) is 6.08 Å². The minimum absolute atomic E-state index is 0.279. The maximum absolute atomic E-state index is 12.2. The van der Waals surface area contributed by atoms with Gasteiger partial charge in [-0.15, -0.1) is 0 Å². The highest BCUT2D eigenvalue weighted by Gasteiger charge is 2.38. The van der Waals surface area contributed by atoms with Crippen LogP contribution in [-0.4, -0.2) is 40.3 Å². The summed E-state index contributed by atoms with van der Waals surface area (Å²) < 4.78 is 5.30. The van der Waals surface area contributed by atoms with Gasteiger partial charge >= 0.3 is 12.1 Å². The highest BCUT2D eigenvalue weighted by Crippen LogP contribution is 2.26. The lowest BCUT2D eigenvalue weighted by Gasteiger charge is -2.26. The molecular formula is C17H21NO4. The molecule has 0 aromatic heterocycles. The first-order chi connectivity index (χ1) is 10.3. The summed E-state index contributed by atoms with van der Waals surface area (Å²) in [5.41, 5.74) is 1.25. The Kier molecular flexibility index (Phi) is 4.54. The average molecular weight is 303 g/mol. The average Bonchev–Trinajstić information content (AvgIpc) is 2.82. The lowest BCUT2D eigenvalue weighted by molar-refractivity contribution is -0.142. The first-order valence-corrected chi connectivity index (χ1v) is 7.23. The third-order valence-electron chi connectivity index (χ3n) is 3.29. The number of likely N-dealkylation sites (tertiary alicyclic amines) is 1. The third kappa shape index (κ3) is 4.10. The third-order valence-corrected chi connectivity index (χ3v) is 3.29. The monoisotopic (exact) mass is 303 g/mol. The van der Waals surface area contributed by atoms with Gasteiger partial charge < -0.3 is 9.84 Å². The Bertz CT molecular complexity index is 586. The van der Waals surface area contributed by atoms with Gasteiger partial charge in [0, 0.05) is 13.0 Å². The summed E-state index contributed by atoms with van der Waals surface area (Å²) in [6.07, 6.45) is 1.67. The molecule has 0 saturated carbocycles. The first kappa shape index (κ1) is 16.1. The van der Waals surface area contributed by atoms with Crippen molar-refractivity contribution in [2.75, 3.05) is 6.54 Å². The van der Waals surface area contributed by atoms with E-state index in [0.717, 1.165) is 11.1 Å². The van der Waals surface area contributed by atoms with Gasteiger partial charge in [-0.3, -0.25) is 4.90 Å². The zero-order valence-electron chi connectivity index (χ0n) is 13.1. The van der Waals surface area contributed by atoms with Gasteiger partial charge in [-0.1, -0.05) is 36.4 Å². The second kappa shape index (κ2) is 6.22. The largest absolute Gasteiger partial charge is 0.480 e. The van der Waals surface area contributed by atoms with Crippen molar-refractivity contribution < 1.29 is 19.4 Å². The summed E-state index contributed by atoms with van der Waals surface area (Å²) in [5.74, 6) is -1.01. The van der Waals surface area contributed by atoms with Crippen LogP contribution in [0.1, 0.15) is 32.8 Å². The van der Waals surface area contributed by atoms with Gasteiger partial charge in [0.05, 0.1) is 0 Å².